The van der Waals surface area contributed by atoms with Gasteiger partial charge in [-0.05, 0) is 42.7 Å². The van der Waals surface area contributed by atoms with Crippen LogP contribution in [0.3, 0.4) is 0 Å². The van der Waals surface area contributed by atoms with Crippen molar-refractivity contribution in [1.82, 2.24) is 0 Å². The third-order valence-electron chi connectivity index (χ3n) is 4.25. The lowest BCUT2D eigenvalue weighted by atomic mass is 9.96. The molecule has 2 aromatic rings. The van der Waals surface area contributed by atoms with Crippen molar-refractivity contribution in [2.75, 3.05) is 11.9 Å². The molecule has 0 radical (unpaired) electrons. The monoisotopic (exact) mass is 402 g/mol. The number of esters is 1. The van der Waals surface area contributed by atoms with Gasteiger partial charge in [0.25, 0.3) is 5.91 Å². The van der Waals surface area contributed by atoms with Gasteiger partial charge in [-0.1, -0.05) is 6.07 Å². The average Bonchev–Trinajstić information content (AvgIpc) is 3.31. The number of nitrogens with zero attached hydrogens (tertiary/aromatic N) is 1. The minimum atomic E-state index is -0.596. The Kier molecular flexibility index (Phi) is 6.37. The quantitative estimate of drug-likeness (QED) is 0.563. The van der Waals surface area contributed by atoms with Crippen LogP contribution in [0, 0.1) is 11.3 Å². The fourth-order valence-electron chi connectivity index (χ4n) is 2.93. The number of thiophene rings is 2. The normalized spacial score (nSPS) is 12.7. The van der Waals surface area contributed by atoms with E-state index in [1.165, 1.54) is 22.7 Å². The number of amides is 1. The first kappa shape index (κ1) is 19.3. The molecular weight excluding hydrogens is 384 g/mol. The van der Waals surface area contributed by atoms with Gasteiger partial charge in [-0.25, -0.2) is 0 Å². The van der Waals surface area contributed by atoms with Crippen LogP contribution in [0.25, 0.3) is 0 Å². The summed E-state index contributed by atoms with van der Waals surface area (Å²) in [5.41, 5.74) is 1.56. The molecule has 0 spiro atoms. The third-order valence-corrected chi connectivity index (χ3v) is 6.37. The molecule has 140 valence electrons. The van der Waals surface area contributed by atoms with Crippen LogP contribution < -0.4 is 5.32 Å². The molecule has 1 aliphatic rings. The summed E-state index contributed by atoms with van der Waals surface area (Å²) in [5.74, 6) is -1.20. The first-order chi connectivity index (χ1) is 13.1. The molecule has 1 aliphatic carbocycles. The Morgan fingerprint density at radius 1 is 1.22 bits per heavy atom. The number of ketones is 1. The lowest BCUT2D eigenvalue weighted by Gasteiger charge is -2.09. The van der Waals surface area contributed by atoms with E-state index in [1.54, 1.807) is 17.5 Å². The molecule has 0 aromatic carbocycles. The van der Waals surface area contributed by atoms with Gasteiger partial charge < -0.3 is 10.1 Å². The highest BCUT2D eigenvalue weighted by molar-refractivity contribution is 7.16. The molecule has 0 saturated carbocycles. The summed E-state index contributed by atoms with van der Waals surface area (Å²) in [6, 6.07) is 5.66. The van der Waals surface area contributed by atoms with Gasteiger partial charge in [-0.3, -0.25) is 14.4 Å². The van der Waals surface area contributed by atoms with E-state index in [1.807, 2.05) is 0 Å². The number of carbonyl (C=O) groups is 3. The second kappa shape index (κ2) is 8.93. The smallest absolute Gasteiger partial charge is 0.306 e. The zero-order valence-electron chi connectivity index (χ0n) is 14.6. The molecule has 0 aliphatic heterocycles. The van der Waals surface area contributed by atoms with E-state index in [4.69, 9.17) is 4.74 Å². The Labute approximate surface area is 164 Å². The predicted molar refractivity (Wildman–Crippen MR) is 103 cm³/mol. The molecule has 27 heavy (non-hydrogen) atoms. The molecular formula is C19H18N2O4S2. The molecule has 8 heteroatoms. The number of hydrogen-bond acceptors (Lipinski definition) is 7. The molecule has 0 atom stereocenters. The fourth-order valence-corrected chi connectivity index (χ4v) is 4.88. The molecule has 1 N–H and O–H groups in total. The first-order valence-corrected chi connectivity index (χ1v) is 10.3. The van der Waals surface area contributed by atoms with Crippen molar-refractivity contribution in [2.24, 2.45) is 0 Å². The van der Waals surface area contributed by atoms with Gasteiger partial charge in [0.2, 0.25) is 0 Å². The Morgan fingerprint density at radius 3 is 2.78 bits per heavy atom. The molecule has 6 nitrogen and oxygen atoms in total. The van der Waals surface area contributed by atoms with E-state index < -0.39 is 18.5 Å². The summed E-state index contributed by atoms with van der Waals surface area (Å²) in [6.07, 6.45) is 3.91. The summed E-state index contributed by atoms with van der Waals surface area (Å²) < 4.78 is 4.94. The highest BCUT2D eigenvalue weighted by Gasteiger charge is 2.22. The van der Waals surface area contributed by atoms with Gasteiger partial charge in [0.05, 0.1) is 16.9 Å². The minimum Gasteiger partial charge on any atom is -0.456 e. The molecule has 2 heterocycles. The summed E-state index contributed by atoms with van der Waals surface area (Å²) in [7, 11) is 0. The molecule has 2 aromatic heterocycles. The largest absolute Gasteiger partial charge is 0.456 e. The number of fused-ring (bicyclic) bond motifs is 1. The average molecular weight is 402 g/mol. The second-order valence-corrected chi connectivity index (χ2v) is 8.19. The van der Waals surface area contributed by atoms with Gasteiger partial charge in [0.1, 0.15) is 11.1 Å². The van der Waals surface area contributed by atoms with Crippen molar-refractivity contribution >= 4 is 45.3 Å². The van der Waals surface area contributed by atoms with Crippen LogP contribution in [0.1, 0.15) is 51.4 Å². The number of ether oxygens (including phenoxy) is 1. The number of hydrogen-bond donors (Lipinski definition) is 1. The van der Waals surface area contributed by atoms with Gasteiger partial charge in [-0.2, -0.15) is 5.26 Å². The van der Waals surface area contributed by atoms with Crippen molar-refractivity contribution in [2.45, 2.75) is 38.5 Å². The van der Waals surface area contributed by atoms with E-state index in [-0.39, 0.29) is 18.6 Å². The third kappa shape index (κ3) is 4.81. The molecule has 0 bridgehead atoms. The highest BCUT2D eigenvalue weighted by atomic mass is 32.1. The summed E-state index contributed by atoms with van der Waals surface area (Å²) in [4.78, 5) is 37.4. The Morgan fingerprint density at radius 2 is 2.04 bits per heavy atom. The van der Waals surface area contributed by atoms with E-state index in [2.05, 4.69) is 11.4 Å². The Bertz CT molecular complexity index is 894. The van der Waals surface area contributed by atoms with Crippen molar-refractivity contribution < 1.29 is 19.1 Å². The highest BCUT2D eigenvalue weighted by Crippen LogP contribution is 2.37. The lowest BCUT2D eigenvalue weighted by Crippen LogP contribution is -2.21. The SMILES string of the molecule is N#Cc1c(NC(=O)COC(=O)CCC(=O)c2cccs2)sc2c1CCCC2. The number of aryl methyl sites for hydroxylation is 1. The Balaban J connectivity index is 1.47. The van der Waals surface area contributed by atoms with Crippen LogP contribution in [0.5, 0.6) is 0 Å². The maximum atomic E-state index is 12.1. The maximum Gasteiger partial charge on any atom is 0.306 e. The summed E-state index contributed by atoms with van der Waals surface area (Å²) in [5, 5.41) is 14.4. The van der Waals surface area contributed by atoms with Crippen LogP contribution in [-0.2, 0) is 27.2 Å². The van der Waals surface area contributed by atoms with Crippen molar-refractivity contribution in [1.29, 1.82) is 5.26 Å². The summed E-state index contributed by atoms with van der Waals surface area (Å²) >= 11 is 2.75. The van der Waals surface area contributed by atoms with Crippen molar-refractivity contribution in [3.63, 3.8) is 0 Å². The number of carbonyl (C=O) groups excluding carboxylic acids is 3. The van der Waals surface area contributed by atoms with Crippen molar-refractivity contribution in [3.05, 3.63) is 38.4 Å². The maximum absolute atomic E-state index is 12.1. The molecule has 0 fully saturated rings. The standard InChI is InChI=1S/C19H18N2O4S2/c20-10-13-12-4-1-2-5-15(12)27-19(13)21-17(23)11-25-18(24)8-7-14(22)16-6-3-9-26-16/h3,6,9H,1-2,4-5,7-8,11H2,(H,21,23). The van der Waals surface area contributed by atoms with Crippen LogP contribution in [0.4, 0.5) is 5.00 Å². The number of rotatable bonds is 7. The van der Waals surface area contributed by atoms with Crippen LogP contribution >= 0.6 is 22.7 Å². The number of nitrogens with one attached hydrogen (secondary N) is 1. The molecule has 1 amide bonds. The fraction of sp³-hybridized carbons (Fsp3) is 0.368. The number of anilines is 1. The van der Waals surface area contributed by atoms with E-state index >= 15 is 0 Å². The van der Waals surface area contributed by atoms with E-state index in [9.17, 15) is 19.6 Å². The number of nitriles is 1. The van der Waals surface area contributed by atoms with Crippen LogP contribution in [0.2, 0.25) is 0 Å². The van der Waals surface area contributed by atoms with Gasteiger partial charge >= 0.3 is 5.97 Å². The minimum absolute atomic E-state index is 0.0528. The first-order valence-electron chi connectivity index (χ1n) is 8.65. The van der Waals surface area contributed by atoms with Gasteiger partial charge in [0.15, 0.2) is 12.4 Å². The van der Waals surface area contributed by atoms with Gasteiger partial charge in [0, 0.05) is 11.3 Å². The van der Waals surface area contributed by atoms with E-state index in [0.29, 0.717) is 15.4 Å². The topological polar surface area (TPSA) is 96.3 Å². The lowest BCUT2D eigenvalue weighted by molar-refractivity contribution is -0.147. The predicted octanol–water partition coefficient (Wildman–Crippen LogP) is 3.70. The molecule has 3 rings (SSSR count). The van der Waals surface area contributed by atoms with Crippen molar-refractivity contribution in [3.8, 4) is 6.07 Å². The zero-order chi connectivity index (χ0) is 19.2. The van der Waals surface area contributed by atoms with Crippen LogP contribution in [-0.4, -0.2) is 24.3 Å². The van der Waals surface area contributed by atoms with Gasteiger partial charge in [-0.15, -0.1) is 22.7 Å². The molecule has 0 unspecified atom stereocenters. The van der Waals surface area contributed by atoms with Crippen LogP contribution in [0.15, 0.2) is 17.5 Å². The van der Waals surface area contributed by atoms with E-state index in [0.717, 1.165) is 36.1 Å². The second-order valence-electron chi connectivity index (χ2n) is 6.14. The molecule has 0 saturated heterocycles. The number of Topliss-reactive ketones (excluding diaryl/α,β-unsaturated/α-hetero) is 1. The summed E-state index contributed by atoms with van der Waals surface area (Å²) in [6.45, 7) is -0.431. The zero-order valence-corrected chi connectivity index (χ0v) is 16.2. The Hall–Kier alpha value is -2.50.